The number of benzene rings is 2. The second-order valence-corrected chi connectivity index (χ2v) is 4.44. The molecule has 0 amide bonds. The van der Waals surface area contributed by atoms with Crippen LogP contribution in [0, 0.1) is 15.9 Å². The lowest BCUT2D eigenvalue weighted by Crippen LogP contribution is -1.98. The molecule has 0 saturated carbocycles. The van der Waals surface area contributed by atoms with E-state index in [0.717, 1.165) is 0 Å². The average molecular weight is 311 g/mol. The zero-order chi connectivity index (χ0) is 13.1. The van der Waals surface area contributed by atoms with E-state index >= 15 is 0 Å². The summed E-state index contributed by atoms with van der Waals surface area (Å²) in [5.41, 5.74) is 0.323. The van der Waals surface area contributed by atoms with E-state index in [0.29, 0.717) is 4.47 Å². The molecule has 0 spiro atoms. The highest BCUT2D eigenvalue weighted by Crippen LogP contribution is 2.31. The summed E-state index contributed by atoms with van der Waals surface area (Å²) in [4.78, 5) is 10.4. The van der Waals surface area contributed by atoms with Gasteiger partial charge in [-0.15, -0.1) is 0 Å². The van der Waals surface area contributed by atoms with Crippen molar-refractivity contribution < 1.29 is 9.31 Å². The van der Waals surface area contributed by atoms with Crippen LogP contribution in [0.5, 0.6) is 0 Å². The molecule has 1 N–H and O–H groups in total. The van der Waals surface area contributed by atoms with Gasteiger partial charge in [0.2, 0.25) is 0 Å². The number of anilines is 2. The van der Waals surface area contributed by atoms with Gasteiger partial charge in [0.25, 0.3) is 5.69 Å². The molecular formula is C12H8BrFN2O2. The number of hydrogen-bond donors (Lipinski definition) is 1. The molecule has 0 aromatic heterocycles. The van der Waals surface area contributed by atoms with Crippen molar-refractivity contribution in [1.82, 2.24) is 0 Å². The van der Waals surface area contributed by atoms with Crippen LogP contribution in [0.1, 0.15) is 0 Å². The Labute approximate surface area is 111 Å². The van der Waals surface area contributed by atoms with Crippen LogP contribution in [-0.4, -0.2) is 4.92 Å². The van der Waals surface area contributed by atoms with Crippen molar-refractivity contribution >= 4 is 33.0 Å². The van der Waals surface area contributed by atoms with Crippen LogP contribution < -0.4 is 5.32 Å². The number of halogens is 2. The second-order valence-electron chi connectivity index (χ2n) is 3.52. The van der Waals surface area contributed by atoms with Crippen LogP contribution in [0.2, 0.25) is 0 Å². The van der Waals surface area contributed by atoms with E-state index in [2.05, 4.69) is 21.2 Å². The first kappa shape index (κ1) is 12.5. The van der Waals surface area contributed by atoms with Gasteiger partial charge in [0, 0.05) is 10.5 Å². The predicted octanol–water partition coefficient (Wildman–Crippen LogP) is 4.24. The molecule has 0 radical (unpaired) electrons. The van der Waals surface area contributed by atoms with Crippen LogP contribution in [0.4, 0.5) is 21.5 Å². The molecule has 0 aliphatic heterocycles. The molecule has 6 heteroatoms. The van der Waals surface area contributed by atoms with Crippen LogP contribution in [0.3, 0.4) is 0 Å². The summed E-state index contributed by atoms with van der Waals surface area (Å²) in [6.45, 7) is 0. The van der Waals surface area contributed by atoms with E-state index in [1.165, 1.54) is 24.3 Å². The summed E-state index contributed by atoms with van der Waals surface area (Å²) in [7, 11) is 0. The van der Waals surface area contributed by atoms with Crippen LogP contribution in [0.15, 0.2) is 46.9 Å². The summed E-state index contributed by atoms with van der Waals surface area (Å²) in [5, 5.41) is 13.6. The highest BCUT2D eigenvalue weighted by molar-refractivity contribution is 9.10. The summed E-state index contributed by atoms with van der Waals surface area (Å²) in [6, 6.07) is 10.5. The largest absolute Gasteiger partial charge is 0.348 e. The smallest absolute Gasteiger partial charge is 0.293 e. The monoisotopic (exact) mass is 310 g/mol. The molecule has 0 aliphatic rings. The average Bonchev–Trinajstić information content (AvgIpc) is 2.34. The van der Waals surface area contributed by atoms with Crippen molar-refractivity contribution in [2.45, 2.75) is 0 Å². The highest BCUT2D eigenvalue weighted by atomic mass is 79.9. The van der Waals surface area contributed by atoms with Gasteiger partial charge in [-0.05, 0) is 24.3 Å². The fraction of sp³-hybridized carbons (Fsp3) is 0. The molecule has 0 unspecified atom stereocenters. The number of nitrogens with one attached hydrogen (secondary N) is 1. The summed E-state index contributed by atoms with van der Waals surface area (Å²) in [5.74, 6) is -0.463. The van der Waals surface area contributed by atoms with E-state index < -0.39 is 10.7 Å². The van der Waals surface area contributed by atoms with Crippen LogP contribution in [0.25, 0.3) is 0 Å². The Kier molecular flexibility index (Phi) is 3.57. The van der Waals surface area contributed by atoms with Crippen molar-refractivity contribution in [1.29, 1.82) is 0 Å². The lowest BCUT2D eigenvalue weighted by molar-refractivity contribution is -0.384. The van der Waals surface area contributed by atoms with E-state index in [1.807, 2.05) is 0 Å². The molecule has 18 heavy (non-hydrogen) atoms. The number of nitro groups is 1. The third-order valence-electron chi connectivity index (χ3n) is 2.30. The van der Waals surface area contributed by atoms with E-state index in [4.69, 9.17) is 0 Å². The van der Waals surface area contributed by atoms with Crippen molar-refractivity contribution in [3.05, 3.63) is 62.9 Å². The quantitative estimate of drug-likeness (QED) is 0.681. The Hall–Kier alpha value is -1.95. The summed E-state index contributed by atoms with van der Waals surface area (Å²) in [6.07, 6.45) is 0. The SMILES string of the molecule is O=[N+]([O-])c1cc(Br)ccc1Nc1ccccc1F. The first-order valence-electron chi connectivity index (χ1n) is 5.03. The molecule has 0 bridgehead atoms. The van der Waals surface area contributed by atoms with Gasteiger partial charge in [-0.25, -0.2) is 4.39 Å². The van der Waals surface area contributed by atoms with E-state index in [1.54, 1.807) is 18.2 Å². The van der Waals surface area contributed by atoms with Crippen LogP contribution in [-0.2, 0) is 0 Å². The maximum atomic E-state index is 13.4. The Morgan fingerprint density at radius 1 is 1.17 bits per heavy atom. The molecule has 0 atom stereocenters. The number of nitro benzene ring substituents is 1. The minimum Gasteiger partial charge on any atom is -0.348 e. The van der Waals surface area contributed by atoms with Gasteiger partial charge < -0.3 is 5.32 Å². The molecule has 2 rings (SSSR count). The normalized spacial score (nSPS) is 10.1. The van der Waals surface area contributed by atoms with Crippen molar-refractivity contribution in [3.63, 3.8) is 0 Å². The number of rotatable bonds is 3. The molecule has 2 aromatic carbocycles. The molecule has 4 nitrogen and oxygen atoms in total. The Morgan fingerprint density at radius 3 is 2.56 bits per heavy atom. The molecule has 0 aliphatic carbocycles. The number of hydrogen-bond acceptors (Lipinski definition) is 3. The Balaban J connectivity index is 2.41. The summed E-state index contributed by atoms with van der Waals surface area (Å²) >= 11 is 3.16. The number of nitrogens with zero attached hydrogens (tertiary/aromatic N) is 1. The zero-order valence-corrected chi connectivity index (χ0v) is 10.6. The predicted molar refractivity (Wildman–Crippen MR) is 70.5 cm³/mol. The van der Waals surface area contributed by atoms with Gasteiger partial charge in [-0.2, -0.15) is 0 Å². The lowest BCUT2D eigenvalue weighted by atomic mass is 10.2. The van der Waals surface area contributed by atoms with Gasteiger partial charge in [0.05, 0.1) is 10.6 Å². The van der Waals surface area contributed by atoms with Gasteiger partial charge in [-0.1, -0.05) is 28.1 Å². The topological polar surface area (TPSA) is 55.2 Å². The van der Waals surface area contributed by atoms with E-state index in [-0.39, 0.29) is 17.1 Å². The molecule has 2 aromatic rings. The standard InChI is InChI=1S/C12H8BrFN2O2/c13-8-5-6-11(12(7-8)16(17)18)15-10-4-2-1-3-9(10)14/h1-7,15H. The minimum absolute atomic E-state index is 0.118. The number of para-hydroxylation sites is 1. The zero-order valence-electron chi connectivity index (χ0n) is 9.06. The summed E-state index contributed by atoms with van der Waals surface area (Å²) < 4.78 is 14.0. The van der Waals surface area contributed by atoms with Gasteiger partial charge in [0.1, 0.15) is 11.5 Å². The van der Waals surface area contributed by atoms with E-state index in [9.17, 15) is 14.5 Å². The van der Waals surface area contributed by atoms with Crippen LogP contribution >= 0.6 is 15.9 Å². The van der Waals surface area contributed by atoms with Crippen molar-refractivity contribution in [2.75, 3.05) is 5.32 Å². The molecule has 0 saturated heterocycles. The minimum atomic E-state index is -0.520. The maximum absolute atomic E-state index is 13.4. The van der Waals surface area contributed by atoms with Gasteiger partial charge >= 0.3 is 0 Å². The maximum Gasteiger partial charge on any atom is 0.293 e. The first-order valence-corrected chi connectivity index (χ1v) is 5.83. The highest BCUT2D eigenvalue weighted by Gasteiger charge is 2.15. The third-order valence-corrected chi connectivity index (χ3v) is 2.79. The van der Waals surface area contributed by atoms with Crippen molar-refractivity contribution in [2.24, 2.45) is 0 Å². The Morgan fingerprint density at radius 2 is 1.89 bits per heavy atom. The fourth-order valence-electron chi connectivity index (χ4n) is 1.47. The Bertz CT molecular complexity index is 604. The first-order chi connectivity index (χ1) is 8.58. The third kappa shape index (κ3) is 2.65. The fourth-order valence-corrected chi connectivity index (χ4v) is 1.82. The van der Waals surface area contributed by atoms with Gasteiger partial charge in [-0.3, -0.25) is 10.1 Å². The molecule has 0 fully saturated rings. The van der Waals surface area contributed by atoms with Gasteiger partial charge in [0.15, 0.2) is 0 Å². The molecule has 0 heterocycles. The second kappa shape index (κ2) is 5.14. The van der Waals surface area contributed by atoms with Crippen molar-refractivity contribution in [3.8, 4) is 0 Å². The molecule has 92 valence electrons. The lowest BCUT2D eigenvalue weighted by Gasteiger charge is -2.08. The molecular weight excluding hydrogens is 303 g/mol.